The Hall–Kier alpha value is -0.340. The number of rotatable bonds is 6. The van der Waals surface area contributed by atoms with Crippen LogP contribution in [0.5, 0.6) is 0 Å². The molecule has 0 radical (unpaired) electrons. The molecule has 32 heavy (non-hydrogen) atoms. The summed E-state index contributed by atoms with van der Waals surface area (Å²) in [7, 11) is 0. The van der Waals surface area contributed by atoms with Crippen LogP contribution in [-0.2, 0) is 4.79 Å². The number of fused-ring (bicyclic) bond motifs is 5. The maximum absolute atomic E-state index is 11.0. The van der Waals surface area contributed by atoms with Crippen molar-refractivity contribution in [3.63, 3.8) is 0 Å². The van der Waals surface area contributed by atoms with E-state index in [-0.39, 0.29) is 23.9 Å². The molecule has 6 N–H and O–H groups in total. The Kier molecular flexibility index (Phi) is 9.35. The summed E-state index contributed by atoms with van der Waals surface area (Å²) in [4.78, 5) is 11.0. The lowest BCUT2D eigenvalue weighted by atomic mass is 9.45. The van der Waals surface area contributed by atoms with Crippen molar-refractivity contribution in [1.82, 2.24) is 10.8 Å². The molecule has 4 rings (SSSR count). The Morgan fingerprint density at radius 1 is 1.12 bits per heavy atom. The molecule has 0 spiro atoms. The van der Waals surface area contributed by atoms with E-state index in [1.54, 1.807) is 0 Å². The van der Waals surface area contributed by atoms with E-state index < -0.39 is 0 Å². The first-order valence-electron chi connectivity index (χ1n) is 13.0. The zero-order valence-electron chi connectivity index (χ0n) is 20.4. The minimum Gasteiger partial charge on any atom is -0.393 e. The lowest BCUT2D eigenvalue weighted by Gasteiger charge is -2.60. The van der Waals surface area contributed by atoms with Gasteiger partial charge in [0.25, 0.3) is 0 Å². The first-order chi connectivity index (χ1) is 15.3. The second kappa shape index (κ2) is 11.4. The normalized spacial score (nSPS) is 41.4. The maximum atomic E-state index is 11.0. The molecule has 0 aliphatic heterocycles. The van der Waals surface area contributed by atoms with E-state index >= 15 is 0 Å². The number of carbonyl (C=O) groups is 1. The third kappa shape index (κ3) is 5.65. The number of hydroxylamine groups is 1. The number of aliphatic hydroxyl groups is 1. The monoisotopic (exact) mass is 469 g/mol. The summed E-state index contributed by atoms with van der Waals surface area (Å²) in [5.74, 6) is 3.80. The summed E-state index contributed by atoms with van der Waals surface area (Å²) in [6.07, 6.45) is 15.1. The fraction of sp³-hybridized carbons (Fsp3) is 0.960. The molecular weight excluding hydrogens is 422 g/mol. The average Bonchev–Trinajstić information content (AvgIpc) is 3.16. The summed E-state index contributed by atoms with van der Waals surface area (Å²) < 4.78 is 0. The molecule has 8 atom stereocenters. The largest absolute Gasteiger partial charge is 0.393 e. The predicted octanol–water partition coefficient (Wildman–Crippen LogP) is 4.59. The highest BCUT2D eigenvalue weighted by molar-refractivity contribution is 7.97. The van der Waals surface area contributed by atoms with E-state index in [0.717, 1.165) is 54.9 Å². The fourth-order valence-electron chi connectivity index (χ4n) is 7.92. The lowest BCUT2D eigenvalue weighted by Crippen LogP contribution is -2.53. The van der Waals surface area contributed by atoms with Gasteiger partial charge in [-0.05, 0) is 98.7 Å². The minimum atomic E-state index is -0.269. The van der Waals surface area contributed by atoms with Crippen LogP contribution in [0.2, 0.25) is 0 Å². The highest BCUT2D eigenvalue weighted by Crippen LogP contribution is 2.66. The number of nitrogens with one attached hydrogen (secondary N) is 2. The number of amides is 1. The molecule has 0 aromatic rings. The topological polar surface area (TPSA) is 108 Å². The van der Waals surface area contributed by atoms with Crippen LogP contribution >= 0.6 is 11.9 Å². The van der Waals surface area contributed by atoms with Gasteiger partial charge < -0.3 is 15.6 Å². The highest BCUT2D eigenvalue weighted by atomic mass is 32.2. The standard InChI is InChI=1S/C19H32O.C6H15N3O2S/c1-18-9-3-4-16(18)15-6-5-13-12-14(20)7-11-19(13,2)17(15)8-10-18;1-2-3-5(10)9-6(12-7)4-8-11/h13-17,20H,3-12H2,1-2H3;6,8,11H,2-4,7H2,1H3,(H,9,10)/t13?,14-,15?,16?,17?,18?,19?;/m1./s1. The molecule has 4 aliphatic carbocycles. The second-order valence-electron chi connectivity index (χ2n) is 11.5. The molecule has 6 nitrogen and oxygen atoms in total. The molecule has 0 aromatic heterocycles. The van der Waals surface area contributed by atoms with E-state index in [1.165, 1.54) is 51.4 Å². The third-order valence-corrected chi connectivity index (χ3v) is 10.3. The Morgan fingerprint density at radius 2 is 1.91 bits per heavy atom. The molecule has 4 fully saturated rings. The van der Waals surface area contributed by atoms with Crippen molar-refractivity contribution in [1.29, 1.82) is 0 Å². The highest BCUT2D eigenvalue weighted by Gasteiger charge is 2.57. The molecule has 0 saturated heterocycles. The summed E-state index contributed by atoms with van der Waals surface area (Å²) in [6, 6.07) is 0. The molecule has 0 aromatic carbocycles. The van der Waals surface area contributed by atoms with Crippen molar-refractivity contribution in [2.45, 2.75) is 109 Å². The van der Waals surface area contributed by atoms with Crippen LogP contribution < -0.4 is 15.9 Å². The zero-order chi connectivity index (χ0) is 23.4. The lowest BCUT2D eigenvalue weighted by molar-refractivity contribution is -0.121. The van der Waals surface area contributed by atoms with Crippen LogP contribution in [0.15, 0.2) is 0 Å². The predicted molar refractivity (Wildman–Crippen MR) is 131 cm³/mol. The number of carbonyl (C=O) groups excluding carboxylic acids is 1. The van der Waals surface area contributed by atoms with E-state index in [2.05, 4.69) is 19.2 Å². The van der Waals surface area contributed by atoms with Gasteiger partial charge in [-0.2, -0.15) is 0 Å². The van der Waals surface area contributed by atoms with Gasteiger partial charge in [-0.3, -0.25) is 9.93 Å². The molecule has 186 valence electrons. The van der Waals surface area contributed by atoms with Crippen LogP contribution in [0, 0.1) is 34.5 Å². The summed E-state index contributed by atoms with van der Waals surface area (Å²) in [5.41, 5.74) is 3.21. The molecule has 1 amide bonds. The molecular formula is C25H47N3O3S. The number of nitrogens with two attached hydrogens (primary N) is 1. The zero-order valence-corrected chi connectivity index (χ0v) is 21.3. The van der Waals surface area contributed by atoms with Crippen molar-refractivity contribution >= 4 is 17.9 Å². The van der Waals surface area contributed by atoms with Crippen molar-refractivity contribution < 1.29 is 15.1 Å². The summed E-state index contributed by atoms with van der Waals surface area (Å²) >= 11 is 0.994. The quantitative estimate of drug-likeness (QED) is 0.221. The Morgan fingerprint density at radius 3 is 2.59 bits per heavy atom. The first-order valence-corrected chi connectivity index (χ1v) is 13.9. The van der Waals surface area contributed by atoms with Gasteiger partial charge in [-0.25, -0.2) is 5.48 Å². The van der Waals surface area contributed by atoms with E-state index in [4.69, 9.17) is 10.3 Å². The van der Waals surface area contributed by atoms with Crippen molar-refractivity contribution in [2.24, 2.45) is 39.6 Å². The van der Waals surface area contributed by atoms with Crippen LogP contribution in [-0.4, -0.2) is 34.2 Å². The van der Waals surface area contributed by atoms with Gasteiger partial charge in [0.15, 0.2) is 0 Å². The fourth-order valence-corrected chi connectivity index (χ4v) is 8.29. The first kappa shape index (κ1) is 26.3. The van der Waals surface area contributed by atoms with Crippen LogP contribution in [0.4, 0.5) is 0 Å². The smallest absolute Gasteiger partial charge is 0.220 e. The maximum Gasteiger partial charge on any atom is 0.220 e. The summed E-state index contributed by atoms with van der Waals surface area (Å²) in [5, 5.41) is 26.0. The van der Waals surface area contributed by atoms with Crippen molar-refractivity contribution in [3.8, 4) is 0 Å². The van der Waals surface area contributed by atoms with E-state index in [0.29, 0.717) is 17.3 Å². The second-order valence-corrected chi connectivity index (χ2v) is 12.3. The van der Waals surface area contributed by atoms with Crippen molar-refractivity contribution in [3.05, 3.63) is 0 Å². The Bertz CT molecular complexity index is 623. The summed E-state index contributed by atoms with van der Waals surface area (Å²) in [6.45, 7) is 7.36. The van der Waals surface area contributed by atoms with Crippen LogP contribution in [0.1, 0.15) is 97.8 Å². The minimum absolute atomic E-state index is 0.00459. The molecule has 0 bridgehead atoms. The van der Waals surface area contributed by atoms with Crippen molar-refractivity contribution in [2.75, 3.05) is 6.54 Å². The van der Waals surface area contributed by atoms with Gasteiger partial charge in [0.05, 0.1) is 12.6 Å². The number of hydrogen-bond acceptors (Lipinski definition) is 6. The van der Waals surface area contributed by atoms with Gasteiger partial charge in [-0.1, -0.05) is 39.1 Å². The average molecular weight is 470 g/mol. The molecule has 4 aliphatic rings. The molecule has 7 unspecified atom stereocenters. The van der Waals surface area contributed by atoms with Gasteiger partial charge in [0.2, 0.25) is 5.91 Å². The Balaban J connectivity index is 0.000000210. The Labute approximate surface area is 199 Å². The van der Waals surface area contributed by atoms with Gasteiger partial charge >= 0.3 is 0 Å². The third-order valence-electron chi connectivity index (χ3n) is 9.66. The molecule has 0 heterocycles. The van der Waals surface area contributed by atoms with Crippen LogP contribution in [0.25, 0.3) is 0 Å². The SMILES string of the molecule is CC12CCCC1C1CCC3C[C@H](O)CCC3(C)C1CC2.CCCC(=O)NC(CNO)SN. The van der Waals surface area contributed by atoms with Gasteiger partial charge in [0.1, 0.15) is 5.37 Å². The number of hydrogen-bond donors (Lipinski definition) is 5. The van der Waals surface area contributed by atoms with Gasteiger partial charge in [0, 0.05) is 6.42 Å². The molecule has 7 heteroatoms. The van der Waals surface area contributed by atoms with Crippen LogP contribution in [0.3, 0.4) is 0 Å². The van der Waals surface area contributed by atoms with Gasteiger partial charge in [-0.15, -0.1) is 0 Å². The van der Waals surface area contributed by atoms with E-state index in [1.807, 2.05) is 12.4 Å². The molecule has 4 saturated carbocycles. The number of aliphatic hydroxyl groups excluding tert-OH is 1. The van der Waals surface area contributed by atoms with E-state index in [9.17, 15) is 9.90 Å².